The summed E-state index contributed by atoms with van der Waals surface area (Å²) in [6.45, 7) is 3.95. The second kappa shape index (κ2) is 8.78. The van der Waals surface area contributed by atoms with E-state index in [0.717, 1.165) is 24.6 Å². The van der Waals surface area contributed by atoms with E-state index in [9.17, 15) is 4.79 Å². The van der Waals surface area contributed by atoms with Crippen LogP contribution in [0, 0.1) is 0 Å². The van der Waals surface area contributed by atoms with E-state index in [1.165, 1.54) is 12.2 Å². The lowest BCUT2D eigenvalue weighted by molar-refractivity contribution is -0.120. The van der Waals surface area contributed by atoms with Crippen molar-refractivity contribution in [3.63, 3.8) is 0 Å². The number of thioether (sulfide) groups is 1. The van der Waals surface area contributed by atoms with Crippen molar-refractivity contribution in [3.8, 4) is 0 Å². The van der Waals surface area contributed by atoms with Crippen molar-refractivity contribution in [1.82, 2.24) is 10.6 Å². The summed E-state index contributed by atoms with van der Waals surface area (Å²) in [7, 11) is 1.66. The van der Waals surface area contributed by atoms with Crippen LogP contribution in [0.4, 0.5) is 0 Å². The van der Waals surface area contributed by atoms with E-state index >= 15 is 0 Å². The van der Waals surface area contributed by atoms with E-state index in [4.69, 9.17) is 4.74 Å². The predicted molar refractivity (Wildman–Crippen MR) is 72.4 cm³/mol. The Morgan fingerprint density at radius 2 is 2.29 bits per heavy atom. The maximum Gasteiger partial charge on any atom is 0.234 e. The summed E-state index contributed by atoms with van der Waals surface area (Å²) in [5.74, 6) is 1.28. The molecule has 100 valence electrons. The van der Waals surface area contributed by atoms with Gasteiger partial charge in [0.1, 0.15) is 0 Å². The fraction of sp³-hybridized carbons (Fsp3) is 0.917. The Balaban J connectivity index is 2.07. The van der Waals surface area contributed by atoms with Crippen LogP contribution < -0.4 is 10.6 Å². The van der Waals surface area contributed by atoms with Gasteiger partial charge in [-0.05, 0) is 25.0 Å². The fourth-order valence-corrected chi connectivity index (χ4v) is 3.26. The smallest absolute Gasteiger partial charge is 0.234 e. The van der Waals surface area contributed by atoms with Crippen LogP contribution >= 0.6 is 11.8 Å². The third-order valence-corrected chi connectivity index (χ3v) is 4.15. The van der Waals surface area contributed by atoms with Crippen LogP contribution in [0.25, 0.3) is 0 Å². The molecular weight excluding hydrogens is 236 g/mol. The van der Waals surface area contributed by atoms with E-state index in [-0.39, 0.29) is 5.91 Å². The highest BCUT2D eigenvalue weighted by molar-refractivity contribution is 7.99. The van der Waals surface area contributed by atoms with Gasteiger partial charge in [0.15, 0.2) is 0 Å². The summed E-state index contributed by atoms with van der Waals surface area (Å²) in [4.78, 5) is 11.6. The van der Waals surface area contributed by atoms with Crippen LogP contribution in [0.15, 0.2) is 0 Å². The van der Waals surface area contributed by atoms with Gasteiger partial charge in [-0.25, -0.2) is 0 Å². The number of methoxy groups -OCH3 is 1. The number of carbonyl (C=O) groups excluding carboxylic acids is 1. The van der Waals surface area contributed by atoms with Crippen LogP contribution in [0.1, 0.15) is 26.2 Å². The van der Waals surface area contributed by atoms with Gasteiger partial charge in [0.25, 0.3) is 0 Å². The zero-order chi connectivity index (χ0) is 12.5. The topological polar surface area (TPSA) is 50.4 Å². The molecule has 1 fully saturated rings. The maximum absolute atomic E-state index is 11.6. The highest BCUT2D eigenvalue weighted by atomic mass is 32.2. The molecular formula is C12H24N2O2S. The normalized spacial score (nSPS) is 23.9. The zero-order valence-corrected chi connectivity index (χ0v) is 11.6. The molecule has 1 amide bonds. The van der Waals surface area contributed by atoms with Crippen molar-refractivity contribution in [2.45, 2.75) is 37.5 Å². The summed E-state index contributed by atoms with van der Waals surface area (Å²) in [5, 5.41) is 6.89. The SMILES string of the molecule is CCSC1CCC(NC(=O)CNCCOC)C1. The Bertz CT molecular complexity index is 227. The second-order valence-electron chi connectivity index (χ2n) is 4.32. The fourth-order valence-electron chi connectivity index (χ4n) is 2.11. The van der Waals surface area contributed by atoms with Gasteiger partial charge >= 0.3 is 0 Å². The monoisotopic (exact) mass is 260 g/mol. The number of hydrogen-bond donors (Lipinski definition) is 2. The minimum Gasteiger partial charge on any atom is -0.383 e. The molecule has 0 aliphatic heterocycles. The average Bonchev–Trinajstić information content (AvgIpc) is 2.73. The maximum atomic E-state index is 11.6. The van der Waals surface area contributed by atoms with E-state index in [1.807, 2.05) is 11.8 Å². The average molecular weight is 260 g/mol. The number of amides is 1. The van der Waals surface area contributed by atoms with Gasteiger partial charge in [0, 0.05) is 24.9 Å². The van der Waals surface area contributed by atoms with Crippen LogP contribution in [0.3, 0.4) is 0 Å². The summed E-state index contributed by atoms with van der Waals surface area (Å²) in [6.07, 6.45) is 3.49. The largest absolute Gasteiger partial charge is 0.383 e. The molecule has 0 saturated heterocycles. The molecule has 1 saturated carbocycles. The van der Waals surface area contributed by atoms with Crippen molar-refractivity contribution in [1.29, 1.82) is 0 Å². The lowest BCUT2D eigenvalue weighted by Gasteiger charge is -2.13. The Morgan fingerprint density at radius 3 is 3.00 bits per heavy atom. The van der Waals surface area contributed by atoms with Gasteiger partial charge in [-0.15, -0.1) is 0 Å². The third-order valence-electron chi connectivity index (χ3n) is 2.92. The quantitative estimate of drug-likeness (QED) is 0.640. The molecule has 0 bridgehead atoms. The predicted octanol–water partition coefficient (Wildman–Crippen LogP) is 1.01. The highest BCUT2D eigenvalue weighted by Gasteiger charge is 2.25. The molecule has 2 atom stereocenters. The molecule has 0 aromatic rings. The molecule has 1 rings (SSSR count). The highest BCUT2D eigenvalue weighted by Crippen LogP contribution is 2.29. The lowest BCUT2D eigenvalue weighted by atomic mass is 10.2. The molecule has 0 aromatic carbocycles. The first kappa shape index (κ1) is 14.8. The Kier molecular flexibility index (Phi) is 7.64. The molecule has 0 heterocycles. The van der Waals surface area contributed by atoms with E-state index < -0.39 is 0 Å². The number of nitrogens with one attached hydrogen (secondary N) is 2. The first-order valence-corrected chi connectivity index (χ1v) is 7.41. The van der Waals surface area contributed by atoms with Crippen LogP contribution in [-0.4, -0.2) is 49.8 Å². The number of rotatable bonds is 8. The minimum absolute atomic E-state index is 0.105. The van der Waals surface area contributed by atoms with Gasteiger partial charge in [0.05, 0.1) is 13.2 Å². The first-order chi connectivity index (χ1) is 8.26. The Morgan fingerprint density at radius 1 is 1.47 bits per heavy atom. The molecule has 1 aliphatic rings. The van der Waals surface area contributed by atoms with Crippen LogP contribution in [0.2, 0.25) is 0 Å². The number of hydrogen-bond acceptors (Lipinski definition) is 4. The van der Waals surface area contributed by atoms with Crippen molar-refractivity contribution in [2.24, 2.45) is 0 Å². The van der Waals surface area contributed by atoms with Gasteiger partial charge in [-0.2, -0.15) is 11.8 Å². The standard InChI is InChI=1S/C12H24N2O2S/c1-3-17-11-5-4-10(8-11)14-12(15)9-13-6-7-16-2/h10-11,13H,3-9H2,1-2H3,(H,14,15). The number of ether oxygens (including phenoxy) is 1. The van der Waals surface area contributed by atoms with Crippen molar-refractivity contribution in [3.05, 3.63) is 0 Å². The van der Waals surface area contributed by atoms with Crippen LogP contribution in [-0.2, 0) is 9.53 Å². The van der Waals surface area contributed by atoms with E-state index in [1.54, 1.807) is 7.11 Å². The van der Waals surface area contributed by atoms with Crippen molar-refractivity contribution >= 4 is 17.7 Å². The molecule has 5 heteroatoms. The minimum atomic E-state index is 0.105. The molecule has 4 nitrogen and oxygen atoms in total. The molecule has 0 spiro atoms. The second-order valence-corrected chi connectivity index (χ2v) is 5.90. The third kappa shape index (κ3) is 6.29. The summed E-state index contributed by atoms with van der Waals surface area (Å²) in [5.41, 5.74) is 0. The Labute approximate surface area is 108 Å². The zero-order valence-electron chi connectivity index (χ0n) is 10.8. The summed E-state index contributed by atoms with van der Waals surface area (Å²) < 4.78 is 4.90. The summed E-state index contributed by atoms with van der Waals surface area (Å²) in [6, 6.07) is 0.385. The summed E-state index contributed by atoms with van der Waals surface area (Å²) >= 11 is 2.01. The molecule has 17 heavy (non-hydrogen) atoms. The van der Waals surface area contributed by atoms with Crippen molar-refractivity contribution in [2.75, 3.05) is 32.6 Å². The molecule has 2 unspecified atom stereocenters. The van der Waals surface area contributed by atoms with Gasteiger partial charge < -0.3 is 15.4 Å². The van der Waals surface area contributed by atoms with E-state index in [2.05, 4.69) is 17.6 Å². The van der Waals surface area contributed by atoms with Gasteiger partial charge in [-0.3, -0.25) is 4.79 Å². The first-order valence-electron chi connectivity index (χ1n) is 6.36. The molecule has 2 N–H and O–H groups in total. The van der Waals surface area contributed by atoms with Gasteiger partial charge in [-0.1, -0.05) is 6.92 Å². The molecule has 0 radical (unpaired) electrons. The van der Waals surface area contributed by atoms with Crippen molar-refractivity contribution < 1.29 is 9.53 Å². The Hall–Kier alpha value is -0.260. The van der Waals surface area contributed by atoms with Gasteiger partial charge in [0.2, 0.25) is 5.91 Å². The van der Waals surface area contributed by atoms with E-state index in [0.29, 0.717) is 19.2 Å². The molecule has 1 aliphatic carbocycles. The lowest BCUT2D eigenvalue weighted by Crippen LogP contribution is -2.40. The number of carbonyl (C=O) groups is 1. The molecule has 0 aromatic heterocycles. The van der Waals surface area contributed by atoms with Crippen LogP contribution in [0.5, 0.6) is 0 Å².